The number of rotatable bonds is 10. The molecule has 0 aromatic heterocycles. The minimum Gasteiger partial charge on any atom is -0.382 e. The predicted octanol–water partition coefficient (Wildman–Crippen LogP) is 3.80. The highest BCUT2D eigenvalue weighted by molar-refractivity contribution is 7.90. The van der Waals surface area contributed by atoms with Gasteiger partial charge in [0.25, 0.3) is 5.91 Å². The molecule has 0 spiro atoms. The molecule has 0 unspecified atom stereocenters. The number of carbonyl (C=O) groups excluding carboxylic acids is 1. The number of hydrogen-bond donors (Lipinski definition) is 1. The van der Waals surface area contributed by atoms with Crippen molar-refractivity contribution < 1.29 is 22.7 Å². The minimum atomic E-state index is -3.35. The third kappa shape index (κ3) is 7.13. The largest absolute Gasteiger partial charge is 0.382 e. The number of piperidine rings is 1. The molecule has 1 amide bonds. The van der Waals surface area contributed by atoms with E-state index in [4.69, 9.17) is 9.47 Å². The van der Waals surface area contributed by atoms with Crippen LogP contribution in [0.1, 0.15) is 34.3 Å². The van der Waals surface area contributed by atoms with E-state index in [-0.39, 0.29) is 16.8 Å². The molecule has 192 valence electrons. The lowest BCUT2D eigenvalue weighted by molar-refractivity contribution is 0.0617. The first-order chi connectivity index (χ1) is 17.3. The molecule has 0 aliphatic carbocycles. The number of methoxy groups -OCH3 is 1. The number of carbonyl (C=O) groups is 1. The molecule has 1 aliphatic heterocycles. The van der Waals surface area contributed by atoms with Crippen LogP contribution in [0.15, 0.2) is 65.6 Å². The molecule has 3 aromatic rings. The summed E-state index contributed by atoms with van der Waals surface area (Å²) in [6.07, 6.45) is 2.86. The standard InChI is InChI=1S/C28H34N2O5S/c1-34-14-15-35-20-22-7-9-23-8-6-21(16-25(23)17-22)19-30-12-10-26(11-13-30)29-28(31)24-4-3-5-27(18-24)36(2,32)33/h3-9,16-18,26H,10-15,19-20H2,1-2H3,(H,29,31). The number of benzene rings is 3. The Bertz CT molecular complexity index is 1300. The molecule has 4 rings (SSSR count). The van der Waals surface area contributed by atoms with Gasteiger partial charge in [-0.05, 0) is 65.1 Å². The highest BCUT2D eigenvalue weighted by Gasteiger charge is 2.22. The summed E-state index contributed by atoms with van der Waals surface area (Å²) in [6.45, 7) is 4.38. The number of nitrogens with one attached hydrogen (secondary N) is 1. The summed E-state index contributed by atoms with van der Waals surface area (Å²) >= 11 is 0. The lowest BCUT2D eigenvalue weighted by atomic mass is 10.0. The average molecular weight is 511 g/mol. The Morgan fingerprint density at radius 3 is 2.42 bits per heavy atom. The van der Waals surface area contributed by atoms with Gasteiger partial charge in [0, 0.05) is 44.6 Å². The summed E-state index contributed by atoms with van der Waals surface area (Å²) in [6, 6.07) is 19.3. The Labute approximate surface area is 213 Å². The summed E-state index contributed by atoms with van der Waals surface area (Å²) < 4.78 is 34.3. The van der Waals surface area contributed by atoms with E-state index in [9.17, 15) is 13.2 Å². The van der Waals surface area contributed by atoms with Crippen LogP contribution in [0.4, 0.5) is 0 Å². The third-order valence-electron chi connectivity index (χ3n) is 6.52. The first kappa shape index (κ1) is 26.3. The van der Waals surface area contributed by atoms with Crippen LogP contribution in [-0.2, 0) is 32.5 Å². The van der Waals surface area contributed by atoms with Crippen molar-refractivity contribution >= 4 is 26.5 Å². The lowest BCUT2D eigenvalue weighted by Gasteiger charge is -2.32. The summed E-state index contributed by atoms with van der Waals surface area (Å²) in [7, 11) is -1.68. The number of likely N-dealkylation sites (tertiary alicyclic amines) is 1. The Kier molecular flexibility index (Phi) is 8.74. The number of hydrogen-bond acceptors (Lipinski definition) is 6. The molecule has 36 heavy (non-hydrogen) atoms. The van der Waals surface area contributed by atoms with E-state index < -0.39 is 9.84 Å². The zero-order valence-electron chi connectivity index (χ0n) is 20.9. The van der Waals surface area contributed by atoms with Crippen molar-refractivity contribution in [2.45, 2.75) is 36.9 Å². The summed E-state index contributed by atoms with van der Waals surface area (Å²) in [5.41, 5.74) is 2.79. The molecule has 0 radical (unpaired) electrons. The molecule has 8 heteroatoms. The van der Waals surface area contributed by atoms with Crippen LogP contribution in [0.3, 0.4) is 0 Å². The summed E-state index contributed by atoms with van der Waals surface area (Å²) in [4.78, 5) is 15.2. The van der Waals surface area contributed by atoms with E-state index in [0.717, 1.165) is 44.3 Å². The molecule has 3 aromatic carbocycles. The van der Waals surface area contributed by atoms with Crippen LogP contribution < -0.4 is 5.32 Å². The van der Waals surface area contributed by atoms with Crippen molar-refractivity contribution in [3.05, 3.63) is 77.4 Å². The maximum Gasteiger partial charge on any atom is 0.251 e. The van der Waals surface area contributed by atoms with Gasteiger partial charge >= 0.3 is 0 Å². The first-order valence-corrected chi connectivity index (χ1v) is 14.1. The Morgan fingerprint density at radius 1 is 0.972 bits per heavy atom. The SMILES string of the molecule is COCCOCc1ccc2ccc(CN3CCC(NC(=O)c4cccc(S(C)(=O)=O)c4)CC3)cc2c1. The molecule has 1 aliphatic rings. The molecule has 1 fully saturated rings. The number of nitrogens with zero attached hydrogens (tertiary/aromatic N) is 1. The zero-order chi connectivity index (χ0) is 25.5. The second kappa shape index (κ2) is 12.0. The number of ether oxygens (including phenoxy) is 2. The Morgan fingerprint density at radius 2 is 1.69 bits per heavy atom. The topological polar surface area (TPSA) is 84.9 Å². The van der Waals surface area contributed by atoms with E-state index in [1.807, 2.05) is 0 Å². The van der Waals surface area contributed by atoms with Crippen molar-refractivity contribution in [2.75, 3.05) is 39.7 Å². The molecule has 1 N–H and O–H groups in total. The van der Waals surface area contributed by atoms with Gasteiger partial charge in [0.1, 0.15) is 0 Å². The highest BCUT2D eigenvalue weighted by Crippen LogP contribution is 2.21. The summed E-state index contributed by atoms with van der Waals surface area (Å²) in [5, 5.41) is 5.49. The van der Waals surface area contributed by atoms with Crippen molar-refractivity contribution in [1.82, 2.24) is 10.2 Å². The second-order valence-electron chi connectivity index (χ2n) is 9.39. The van der Waals surface area contributed by atoms with Gasteiger partial charge in [0.2, 0.25) is 0 Å². The summed E-state index contributed by atoms with van der Waals surface area (Å²) in [5.74, 6) is -0.226. The van der Waals surface area contributed by atoms with Crippen molar-refractivity contribution in [3.8, 4) is 0 Å². The van der Waals surface area contributed by atoms with E-state index in [1.165, 1.54) is 28.5 Å². The number of amides is 1. The van der Waals surface area contributed by atoms with Crippen LogP contribution in [0.2, 0.25) is 0 Å². The Hall–Kier alpha value is -2.78. The van der Waals surface area contributed by atoms with Gasteiger partial charge in [-0.3, -0.25) is 9.69 Å². The fourth-order valence-electron chi connectivity index (χ4n) is 4.50. The highest BCUT2D eigenvalue weighted by atomic mass is 32.2. The quantitative estimate of drug-likeness (QED) is 0.418. The first-order valence-electron chi connectivity index (χ1n) is 12.2. The fraction of sp³-hybridized carbons (Fsp3) is 0.393. The predicted molar refractivity (Wildman–Crippen MR) is 141 cm³/mol. The van der Waals surface area contributed by atoms with Gasteiger partial charge in [-0.25, -0.2) is 8.42 Å². The van der Waals surface area contributed by atoms with E-state index in [2.05, 4.69) is 46.6 Å². The molecule has 1 saturated heterocycles. The smallest absolute Gasteiger partial charge is 0.251 e. The van der Waals surface area contributed by atoms with Crippen molar-refractivity contribution in [1.29, 1.82) is 0 Å². The zero-order valence-corrected chi connectivity index (χ0v) is 21.7. The minimum absolute atomic E-state index is 0.0768. The van der Waals surface area contributed by atoms with Crippen LogP contribution in [-0.4, -0.2) is 64.9 Å². The molecule has 0 bridgehead atoms. The molecule has 0 atom stereocenters. The maximum absolute atomic E-state index is 12.7. The van der Waals surface area contributed by atoms with Gasteiger partial charge in [-0.15, -0.1) is 0 Å². The van der Waals surface area contributed by atoms with Gasteiger partial charge in [-0.2, -0.15) is 0 Å². The number of sulfone groups is 1. The van der Waals surface area contributed by atoms with Crippen LogP contribution >= 0.6 is 0 Å². The van der Waals surface area contributed by atoms with E-state index in [0.29, 0.717) is 25.4 Å². The molecule has 0 saturated carbocycles. The average Bonchev–Trinajstić information content (AvgIpc) is 2.87. The third-order valence-corrected chi connectivity index (χ3v) is 7.63. The Balaban J connectivity index is 1.30. The van der Waals surface area contributed by atoms with E-state index in [1.54, 1.807) is 19.2 Å². The molecular formula is C28H34N2O5S. The maximum atomic E-state index is 12.7. The number of fused-ring (bicyclic) bond motifs is 1. The van der Waals surface area contributed by atoms with Crippen LogP contribution in [0, 0.1) is 0 Å². The van der Waals surface area contributed by atoms with Crippen molar-refractivity contribution in [3.63, 3.8) is 0 Å². The van der Waals surface area contributed by atoms with Crippen molar-refractivity contribution in [2.24, 2.45) is 0 Å². The van der Waals surface area contributed by atoms with Gasteiger partial charge in [0.15, 0.2) is 9.84 Å². The molecular weight excluding hydrogens is 476 g/mol. The van der Waals surface area contributed by atoms with E-state index >= 15 is 0 Å². The van der Waals surface area contributed by atoms with Gasteiger partial charge in [0.05, 0.1) is 24.7 Å². The lowest BCUT2D eigenvalue weighted by Crippen LogP contribution is -2.44. The molecule has 7 nitrogen and oxygen atoms in total. The van der Waals surface area contributed by atoms with Gasteiger partial charge in [-0.1, -0.05) is 30.3 Å². The van der Waals surface area contributed by atoms with Crippen LogP contribution in [0.5, 0.6) is 0 Å². The second-order valence-corrected chi connectivity index (χ2v) is 11.4. The fourth-order valence-corrected chi connectivity index (χ4v) is 5.16. The monoisotopic (exact) mass is 510 g/mol. The van der Waals surface area contributed by atoms with Crippen LogP contribution in [0.25, 0.3) is 10.8 Å². The van der Waals surface area contributed by atoms with Gasteiger partial charge < -0.3 is 14.8 Å². The normalized spacial score (nSPS) is 15.3. The molecule has 1 heterocycles.